The smallest absolute Gasteiger partial charge is 0.216 e. The maximum atomic E-state index is 9.73. The van der Waals surface area contributed by atoms with Gasteiger partial charge >= 0.3 is 0 Å². The molecule has 2 N–H and O–H groups in total. The van der Waals surface area contributed by atoms with Crippen LogP contribution in [0, 0.1) is 5.41 Å². The molecule has 0 aliphatic heterocycles. The van der Waals surface area contributed by atoms with Crippen molar-refractivity contribution in [1.82, 2.24) is 0 Å². The highest BCUT2D eigenvalue weighted by Gasteiger charge is 2.10. The van der Waals surface area contributed by atoms with Crippen LogP contribution in [0.1, 0.15) is 12.0 Å². The summed E-state index contributed by atoms with van der Waals surface area (Å²) in [6, 6.07) is 8.76. The van der Waals surface area contributed by atoms with Crippen molar-refractivity contribution in [3.63, 3.8) is 0 Å². The van der Waals surface area contributed by atoms with Crippen LogP contribution in [0.3, 0.4) is 0 Å². The molecule has 0 heterocycles. The lowest BCUT2D eigenvalue weighted by molar-refractivity contribution is 0.225. The number of hydrogen-bond acceptors (Lipinski definition) is 3. The van der Waals surface area contributed by atoms with E-state index in [4.69, 9.17) is 10.1 Å². The van der Waals surface area contributed by atoms with E-state index in [-0.39, 0.29) is 11.8 Å². The molecule has 2 rings (SSSR count). The first-order chi connectivity index (χ1) is 8.66. The van der Waals surface area contributed by atoms with Gasteiger partial charge in [0.25, 0.3) is 0 Å². The van der Waals surface area contributed by atoms with Crippen molar-refractivity contribution in [3.05, 3.63) is 65.1 Å². The van der Waals surface area contributed by atoms with Crippen LogP contribution in [0.25, 0.3) is 5.41 Å². The first kappa shape index (κ1) is 12.3. The number of benzene rings is 1. The third kappa shape index (κ3) is 2.93. The van der Waals surface area contributed by atoms with Gasteiger partial charge in [-0.3, -0.25) is 5.41 Å². The van der Waals surface area contributed by atoms with E-state index in [0.717, 1.165) is 0 Å². The molecule has 92 valence electrons. The second-order valence-electron chi connectivity index (χ2n) is 3.92. The van der Waals surface area contributed by atoms with E-state index in [1.54, 1.807) is 42.5 Å². The zero-order valence-corrected chi connectivity index (χ0v) is 9.71. The number of nitrogens with zero attached hydrogens (tertiary/aromatic N) is 1. The average Bonchev–Trinajstić information content (AvgIpc) is 2.40. The van der Waals surface area contributed by atoms with Crippen LogP contribution >= 0.6 is 0 Å². The second-order valence-corrected chi connectivity index (χ2v) is 3.92. The fourth-order valence-corrected chi connectivity index (χ4v) is 1.57. The zero-order chi connectivity index (χ0) is 13.0. The Balaban J connectivity index is 2.01. The number of nitrogens with one attached hydrogen (secondary N) is 1. The third-order valence-corrected chi connectivity index (χ3v) is 2.56. The van der Waals surface area contributed by atoms with Gasteiger partial charge in [0.2, 0.25) is 5.90 Å². The summed E-state index contributed by atoms with van der Waals surface area (Å²) in [4.78, 5) is 0. The van der Waals surface area contributed by atoms with Crippen molar-refractivity contribution in [2.45, 2.75) is 12.5 Å². The number of aliphatic hydroxyl groups excluding tert-OH is 1. The van der Waals surface area contributed by atoms with Gasteiger partial charge in [0.1, 0.15) is 0 Å². The molecule has 0 aromatic heterocycles. The van der Waals surface area contributed by atoms with Crippen LogP contribution in [0.4, 0.5) is 0 Å². The van der Waals surface area contributed by atoms with Gasteiger partial charge in [-0.1, -0.05) is 48.6 Å². The van der Waals surface area contributed by atoms with E-state index < -0.39 is 6.10 Å². The van der Waals surface area contributed by atoms with Crippen LogP contribution in [0.15, 0.2) is 54.1 Å². The van der Waals surface area contributed by atoms with Crippen molar-refractivity contribution in [2.24, 2.45) is 0 Å². The monoisotopic (exact) mass is 241 g/mol. The van der Waals surface area contributed by atoms with E-state index in [9.17, 15) is 10.5 Å². The van der Waals surface area contributed by atoms with Gasteiger partial charge in [-0.15, -0.1) is 0 Å². The molecule has 0 spiro atoms. The minimum Gasteiger partial charge on any atom is -0.770 e. The van der Waals surface area contributed by atoms with Crippen LogP contribution < -0.4 is 0 Å². The number of ether oxygens (including phenoxy) is 1. The Bertz CT molecular complexity index is 518. The molecule has 1 unspecified atom stereocenters. The highest BCUT2D eigenvalue weighted by atomic mass is 16.5. The van der Waals surface area contributed by atoms with E-state index in [1.165, 1.54) is 0 Å². The maximum absolute atomic E-state index is 9.73. The average molecular weight is 241 g/mol. The summed E-state index contributed by atoms with van der Waals surface area (Å²) in [6.45, 7) is 0. The molecular weight excluding hydrogens is 228 g/mol. The Kier molecular flexibility index (Phi) is 3.69. The lowest BCUT2D eigenvalue weighted by Crippen LogP contribution is -2.15. The van der Waals surface area contributed by atoms with Crippen LogP contribution in [-0.2, 0) is 4.74 Å². The molecule has 1 aromatic rings. The van der Waals surface area contributed by atoms with E-state index >= 15 is 0 Å². The molecule has 0 bridgehead atoms. The van der Waals surface area contributed by atoms with Gasteiger partial charge in [0.05, 0.1) is 6.10 Å². The van der Waals surface area contributed by atoms with Crippen molar-refractivity contribution < 1.29 is 9.84 Å². The molecule has 0 fully saturated rings. The molecule has 18 heavy (non-hydrogen) atoms. The summed E-state index contributed by atoms with van der Waals surface area (Å²) in [5.74, 6) is -0.444. The molecule has 0 saturated carbocycles. The van der Waals surface area contributed by atoms with Crippen molar-refractivity contribution >= 4 is 11.8 Å². The molecular formula is C14H13N2O2-. The normalized spacial score (nSPS) is 18.1. The summed E-state index contributed by atoms with van der Waals surface area (Å²) < 4.78 is 5.07. The molecule has 1 atom stereocenters. The first-order valence-corrected chi connectivity index (χ1v) is 5.61. The number of hydrogen-bond donors (Lipinski definition) is 2. The van der Waals surface area contributed by atoms with Gasteiger partial charge in [0.15, 0.2) is 0 Å². The van der Waals surface area contributed by atoms with Crippen LogP contribution in [0.5, 0.6) is 0 Å². The lowest BCUT2D eigenvalue weighted by Gasteiger charge is -2.17. The predicted molar refractivity (Wildman–Crippen MR) is 70.6 cm³/mol. The molecule has 1 aromatic carbocycles. The predicted octanol–water partition coefficient (Wildman–Crippen LogP) is 2.24. The lowest BCUT2D eigenvalue weighted by atomic mass is 10.1. The van der Waals surface area contributed by atoms with Gasteiger partial charge in [-0.05, 0) is 12.0 Å². The quantitative estimate of drug-likeness (QED) is 0.615. The van der Waals surface area contributed by atoms with Crippen molar-refractivity contribution in [1.29, 1.82) is 5.41 Å². The van der Waals surface area contributed by atoms with Gasteiger partial charge < -0.3 is 15.3 Å². The van der Waals surface area contributed by atoms with Gasteiger partial charge in [0, 0.05) is 11.5 Å². The standard InChI is InChI=1S/C14H13N2O2/c15-13(10-4-2-1-3-5-10)18-14(16)11-6-8-12(17)9-7-11/h1-8,12,16-17H,9H2/q-1. The Morgan fingerprint density at radius 3 is 2.67 bits per heavy atom. The van der Waals surface area contributed by atoms with Crippen molar-refractivity contribution in [3.8, 4) is 0 Å². The molecule has 1 aliphatic carbocycles. The van der Waals surface area contributed by atoms with Crippen LogP contribution in [-0.4, -0.2) is 23.0 Å². The summed E-state index contributed by atoms with van der Waals surface area (Å²) in [7, 11) is 0. The Morgan fingerprint density at radius 1 is 1.33 bits per heavy atom. The summed E-state index contributed by atoms with van der Waals surface area (Å²) >= 11 is 0. The van der Waals surface area contributed by atoms with Gasteiger partial charge in [-0.25, -0.2) is 0 Å². The Labute approximate surface area is 105 Å². The molecule has 0 amide bonds. The van der Waals surface area contributed by atoms with E-state index in [1.807, 2.05) is 6.07 Å². The highest BCUT2D eigenvalue weighted by molar-refractivity contribution is 6.08. The molecule has 0 saturated heterocycles. The topological polar surface area (TPSA) is 75.6 Å². The SMILES string of the molecule is [N-]=C(OC(=N)C1=CCC(O)C=C1)c1ccccc1. The highest BCUT2D eigenvalue weighted by Crippen LogP contribution is 2.13. The maximum Gasteiger partial charge on any atom is 0.216 e. The van der Waals surface area contributed by atoms with Crippen molar-refractivity contribution in [2.75, 3.05) is 0 Å². The minimum absolute atomic E-state index is 0.139. The first-order valence-electron chi connectivity index (χ1n) is 5.61. The largest absolute Gasteiger partial charge is 0.770 e. The summed E-state index contributed by atoms with van der Waals surface area (Å²) in [5.41, 5.74) is 1.06. The minimum atomic E-state index is -0.506. The Morgan fingerprint density at radius 2 is 2.06 bits per heavy atom. The molecule has 0 radical (unpaired) electrons. The molecule has 4 heteroatoms. The number of aliphatic hydroxyl groups is 1. The summed E-state index contributed by atoms with van der Waals surface area (Å²) in [6.07, 6.45) is 4.84. The van der Waals surface area contributed by atoms with E-state index in [2.05, 4.69) is 0 Å². The molecule has 1 aliphatic rings. The summed E-state index contributed by atoms with van der Waals surface area (Å²) in [5, 5.41) is 26.7. The third-order valence-electron chi connectivity index (χ3n) is 2.56. The molecule has 4 nitrogen and oxygen atoms in total. The van der Waals surface area contributed by atoms with E-state index in [0.29, 0.717) is 17.6 Å². The number of rotatable bonds is 2. The fraction of sp³-hybridized carbons (Fsp3) is 0.143. The van der Waals surface area contributed by atoms with Gasteiger partial charge in [-0.2, -0.15) is 0 Å². The Hall–Kier alpha value is -2.20. The van der Waals surface area contributed by atoms with Crippen LogP contribution in [0.2, 0.25) is 0 Å². The fourth-order valence-electron chi connectivity index (χ4n) is 1.57. The second kappa shape index (κ2) is 5.42. The zero-order valence-electron chi connectivity index (χ0n) is 9.71.